The van der Waals surface area contributed by atoms with E-state index in [2.05, 4.69) is 4.90 Å². The van der Waals surface area contributed by atoms with E-state index in [1.54, 1.807) is 16.8 Å². The van der Waals surface area contributed by atoms with E-state index in [1.807, 2.05) is 37.2 Å². The number of pyridine rings is 1. The Bertz CT molecular complexity index is 1340. The van der Waals surface area contributed by atoms with Gasteiger partial charge in [0.15, 0.2) is 18.9 Å². The van der Waals surface area contributed by atoms with Crippen molar-refractivity contribution < 1.29 is 27.1 Å². The Morgan fingerprint density at radius 2 is 1.88 bits per heavy atom. The molecule has 2 aromatic heterocycles. The Kier molecular flexibility index (Phi) is 7.72. The van der Waals surface area contributed by atoms with E-state index in [0.717, 1.165) is 24.2 Å². The summed E-state index contributed by atoms with van der Waals surface area (Å²) in [6.07, 6.45) is 6.25. The van der Waals surface area contributed by atoms with E-state index < -0.39 is 20.6 Å². The molecule has 0 fully saturated rings. The van der Waals surface area contributed by atoms with Gasteiger partial charge in [0.25, 0.3) is 0 Å². The molecule has 3 rings (SSSR count). The van der Waals surface area contributed by atoms with Crippen LogP contribution in [0, 0.1) is 0 Å². The summed E-state index contributed by atoms with van der Waals surface area (Å²) in [4.78, 5) is 14.3. The highest BCUT2D eigenvalue weighted by Gasteiger charge is 2.14. The second-order valence-corrected chi connectivity index (χ2v) is 8.78. The van der Waals surface area contributed by atoms with E-state index in [1.165, 1.54) is 24.4 Å². The molecule has 0 saturated carbocycles. The van der Waals surface area contributed by atoms with Gasteiger partial charge in [0, 0.05) is 41.9 Å². The van der Waals surface area contributed by atoms with Crippen LogP contribution in [0.25, 0.3) is 28.7 Å². The molecule has 0 atom stereocenters. The fourth-order valence-corrected chi connectivity index (χ4v) is 4.24. The zero-order valence-electron chi connectivity index (χ0n) is 18.5. The molecule has 2 heterocycles. The van der Waals surface area contributed by atoms with Crippen LogP contribution in [0.2, 0.25) is 0 Å². The monoisotopic (exact) mass is 470 g/mol. The molecule has 10 heteroatoms. The van der Waals surface area contributed by atoms with Crippen LogP contribution in [0.3, 0.4) is 0 Å². The topological polar surface area (TPSA) is 131 Å². The maximum Gasteiger partial charge on any atom is 0.343 e. The zero-order chi connectivity index (χ0) is 24.0. The summed E-state index contributed by atoms with van der Waals surface area (Å²) >= 11 is 0. The fourth-order valence-electron chi connectivity index (χ4n) is 3.55. The average molecular weight is 471 g/mol. The van der Waals surface area contributed by atoms with Gasteiger partial charge in [0.2, 0.25) is 0 Å². The van der Waals surface area contributed by atoms with Gasteiger partial charge < -0.3 is 24.5 Å². The smallest absolute Gasteiger partial charge is 0.343 e. The van der Waals surface area contributed by atoms with Crippen molar-refractivity contribution in [1.82, 2.24) is 0 Å². The largest absolute Gasteiger partial charge is 0.744 e. The highest BCUT2D eigenvalue weighted by Crippen LogP contribution is 2.23. The summed E-state index contributed by atoms with van der Waals surface area (Å²) in [5.41, 5.74) is 9.90. The van der Waals surface area contributed by atoms with E-state index in [-0.39, 0.29) is 11.1 Å². The number of benzene rings is 1. The van der Waals surface area contributed by atoms with Gasteiger partial charge in [-0.05, 0) is 38.1 Å². The number of aryl methyl sites for hydroxylation is 1. The van der Waals surface area contributed by atoms with Crippen LogP contribution >= 0.6 is 0 Å². The van der Waals surface area contributed by atoms with Crippen LogP contribution < -0.4 is 20.2 Å². The predicted molar refractivity (Wildman–Crippen MR) is 123 cm³/mol. The molecule has 0 unspecified atom stereocenters. The third-order valence-electron chi connectivity index (χ3n) is 5.30. The molecule has 0 aliphatic rings. The first-order valence-corrected chi connectivity index (χ1v) is 12.0. The molecule has 3 aromatic rings. The second kappa shape index (κ2) is 10.5. The summed E-state index contributed by atoms with van der Waals surface area (Å²) in [5, 5.41) is 2.75. The minimum atomic E-state index is -4.75. The van der Waals surface area contributed by atoms with Crippen LogP contribution in [-0.2, 0) is 16.7 Å². The number of fused-ring (bicyclic) bond motifs is 1. The number of nitrogens with zero attached hydrogens (tertiary/aromatic N) is 3. The zero-order valence-corrected chi connectivity index (χ0v) is 19.3. The van der Waals surface area contributed by atoms with Crippen molar-refractivity contribution in [3.8, 4) is 0 Å². The Labute approximate surface area is 192 Å². The first kappa shape index (κ1) is 24.3. The molecule has 33 heavy (non-hydrogen) atoms. The van der Waals surface area contributed by atoms with Gasteiger partial charge >= 0.3 is 5.63 Å². The van der Waals surface area contributed by atoms with Gasteiger partial charge in [-0.15, -0.1) is 0 Å². The lowest BCUT2D eigenvalue weighted by atomic mass is 10.1. The Morgan fingerprint density at radius 3 is 2.55 bits per heavy atom. The lowest BCUT2D eigenvalue weighted by Crippen LogP contribution is -2.63. The first-order valence-electron chi connectivity index (χ1n) is 10.6. The average Bonchev–Trinajstić information content (AvgIpc) is 2.78. The molecule has 9 nitrogen and oxygen atoms in total. The molecule has 0 bridgehead atoms. The molecule has 0 aliphatic carbocycles. The van der Waals surface area contributed by atoms with Crippen LogP contribution in [0.4, 0.5) is 5.69 Å². The van der Waals surface area contributed by atoms with Crippen molar-refractivity contribution in [2.75, 3.05) is 24.5 Å². The van der Waals surface area contributed by atoms with Gasteiger partial charge in [0.05, 0.1) is 12.0 Å². The summed E-state index contributed by atoms with van der Waals surface area (Å²) in [5.74, 6) is 0. The Hall–Kier alpha value is -3.37. The highest BCUT2D eigenvalue weighted by molar-refractivity contribution is 7.85. The number of nitrogens with one attached hydrogen (secondary N) is 1. The van der Waals surface area contributed by atoms with Crippen molar-refractivity contribution in [2.45, 2.75) is 31.7 Å². The second-order valence-electron chi connectivity index (χ2n) is 7.43. The van der Waals surface area contributed by atoms with Crippen LogP contribution in [-0.4, -0.2) is 32.6 Å². The number of hydrogen-bond donors (Lipinski definition) is 1. The summed E-state index contributed by atoms with van der Waals surface area (Å²) in [7, 11) is -4.75. The number of rotatable bonds is 10. The lowest BCUT2D eigenvalue weighted by Gasteiger charge is -2.20. The SMILES string of the molecule is CCN(CC)c1ccc2cc(/C=C/c3cc[n+](CCC[NH+]=[N-])cc3S(=O)(=O)[O-])c(=O)oc2c1. The molecule has 0 radical (unpaired) electrons. The minimum absolute atomic E-state index is 0.165. The van der Waals surface area contributed by atoms with Gasteiger partial charge in [-0.3, -0.25) is 0 Å². The lowest BCUT2D eigenvalue weighted by molar-refractivity contribution is -0.702. The van der Waals surface area contributed by atoms with E-state index in [4.69, 9.17) is 9.95 Å². The molecular weight excluding hydrogens is 444 g/mol. The van der Waals surface area contributed by atoms with Crippen LogP contribution in [0.15, 0.2) is 56.8 Å². The molecule has 0 saturated heterocycles. The summed E-state index contributed by atoms with van der Waals surface area (Å²) < 4.78 is 42.4. The third-order valence-corrected chi connectivity index (χ3v) is 6.18. The predicted octanol–water partition coefficient (Wildman–Crippen LogP) is 1.49. The number of anilines is 1. The van der Waals surface area contributed by atoms with Crippen molar-refractivity contribution in [2.24, 2.45) is 0 Å². The van der Waals surface area contributed by atoms with Gasteiger partial charge in [-0.1, -0.05) is 6.08 Å². The van der Waals surface area contributed by atoms with Gasteiger partial charge in [-0.25, -0.2) is 17.8 Å². The first-order chi connectivity index (χ1) is 15.8. The highest BCUT2D eigenvalue weighted by atomic mass is 32.2. The van der Waals surface area contributed by atoms with Gasteiger partial charge in [-0.2, -0.15) is 0 Å². The normalized spacial score (nSPS) is 11.8. The molecular formula is C23H26N4O5S. The van der Waals surface area contributed by atoms with Crippen molar-refractivity contribution in [1.29, 1.82) is 0 Å². The molecule has 0 aliphatic heterocycles. The van der Waals surface area contributed by atoms with Crippen LogP contribution in [0.5, 0.6) is 0 Å². The number of aromatic nitrogens is 1. The quantitative estimate of drug-likeness (QED) is 0.157. The molecule has 0 spiro atoms. The van der Waals surface area contributed by atoms with E-state index in [9.17, 15) is 17.8 Å². The molecule has 174 valence electrons. The van der Waals surface area contributed by atoms with Crippen molar-refractivity contribution >= 4 is 38.9 Å². The maximum atomic E-state index is 12.5. The number of hydrogen-bond acceptors (Lipinski definition) is 6. The van der Waals surface area contributed by atoms with Crippen molar-refractivity contribution in [3.05, 3.63) is 69.8 Å². The maximum absolute atomic E-state index is 12.5. The summed E-state index contributed by atoms with van der Waals surface area (Å²) in [6.45, 7) is 6.48. The van der Waals surface area contributed by atoms with Crippen molar-refractivity contribution in [3.63, 3.8) is 0 Å². The van der Waals surface area contributed by atoms with Gasteiger partial charge in [0.1, 0.15) is 27.1 Å². The molecule has 1 N–H and O–H groups in total. The Balaban J connectivity index is 1.96. The van der Waals surface area contributed by atoms with Crippen LogP contribution in [0.1, 0.15) is 31.4 Å². The Morgan fingerprint density at radius 1 is 1.15 bits per heavy atom. The fraction of sp³-hybridized carbons (Fsp3) is 0.304. The molecule has 1 aromatic carbocycles. The summed E-state index contributed by atoms with van der Waals surface area (Å²) in [6, 6.07) is 8.80. The molecule has 0 amide bonds. The van der Waals surface area contributed by atoms with E-state index >= 15 is 0 Å². The standard InChI is InChI=1S/C23H26N4O5S/c1-3-27(4-2)20-9-8-18-14-19(23(28)32-21(18)15-20)7-6-17-10-13-26(12-5-11-25-24)16-22(17)33(29,30)31/h6-10,13-16,25H,3-5,11-12H2,1-2H3. The van der Waals surface area contributed by atoms with E-state index in [0.29, 0.717) is 25.1 Å². The third kappa shape index (κ3) is 5.91. The minimum Gasteiger partial charge on any atom is -0.744 e.